The molecule has 26 heavy (non-hydrogen) atoms. The fourth-order valence-electron chi connectivity index (χ4n) is 1.97. The highest BCUT2D eigenvalue weighted by Gasteiger charge is 2.17. The van der Waals surface area contributed by atoms with E-state index in [0.717, 1.165) is 4.90 Å². The number of nitrogens with zero attached hydrogens (tertiary/aromatic N) is 1. The number of hydrogen-bond donors (Lipinski definition) is 1. The molecule has 0 atom stereocenters. The highest BCUT2D eigenvalue weighted by molar-refractivity contribution is 7.11. The number of nitrogens with one attached hydrogen (secondary N) is 1. The molecule has 0 aliphatic rings. The van der Waals surface area contributed by atoms with E-state index in [-0.39, 0.29) is 6.54 Å². The molecule has 1 N–H and O–H groups in total. The molecule has 2 aromatic rings. The predicted molar refractivity (Wildman–Crippen MR) is 98.9 cm³/mol. The molecule has 0 radical (unpaired) electrons. The van der Waals surface area contributed by atoms with Crippen molar-refractivity contribution in [2.45, 2.75) is 0 Å². The summed E-state index contributed by atoms with van der Waals surface area (Å²) in [6.45, 7) is -0.661. The zero-order valence-electron chi connectivity index (χ0n) is 14.2. The van der Waals surface area contributed by atoms with Gasteiger partial charge in [0.15, 0.2) is 6.61 Å². The molecule has 2 amide bonds. The smallest absolute Gasteiger partial charge is 0.348 e. The van der Waals surface area contributed by atoms with Crippen LogP contribution in [0.1, 0.15) is 9.67 Å². The fraction of sp³-hybridized carbons (Fsp3) is 0.235. The minimum absolute atomic E-state index is 0.217. The van der Waals surface area contributed by atoms with Crippen molar-refractivity contribution in [3.8, 4) is 5.75 Å². The molecule has 1 heterocycles. The number of carbonyl (C=O) groups is 3. The van der Waals surface area contributed by atoms with E-state index in [1.165, 1.54) is 25.5 Å². The SMILES string of the molecule is COc1ccc(Cl)cc1NC(=O)CN(C)C(=O)COC(=O)c1cccs1. The van der Waals surface area contributed by atoms with Gasteiger partial charge in [-0.15, -0.1) is 11.3 Å². The number of ether oxygens (including phenoxy) is 2. The van der Waals surface area contributed by atoms with Gasteiger partial charge in [-0.25, -0.2) is 4.79 Å². The van der Waals surface area contributed by atoms with E-state index in [2.05, 4.69) is 5.32 Å². The first kappa shape index (κ1) is 19.7. The van der Waals surface area contributed by atoms with Gasteiger partial charge in [0.05, 0.1) is 19.3 Å². The molecule has 7 nitrogen and oxygen atoms in total. The summed E-state index contributed by atoms with van der Waals surface area (Å²) in [6, 6.07) is 8.12. The third-order valence-electron chi connectivity index (χ3n) is 3.29. The number of methoxy groups -OCH3 is 1. The van der Waals surface area contributed by atoms with Gasteiger partial charge in [-0.3, -0.25) is 9.59 Å². The van der Waals surface area contributed by atoms with Crippen LogP contribution in [0, 0.1) is 0 Å². The van der Waals surface area contributed by atoms with Gasteiger partial charge in [0, 0.05) is 12.1 Å². The van der Waals surface area contributed by atoms with Crippen molar-refractivity contribution < 1.29 is 23.9 Å². The number of carbonyl (C=O) groups excluding carboxylic acids is 3. The molecule has 9 heteroatoms. The number of thiophene rings is 1. The lowest BCUT2D eigenvalue weighted by Crippen LogP contribution is -2.37. The minimum atomic E-state index is -0.574. The molecule has 0 fully saturated rings. The Morgan fingerprint density at radius 2 is 2.04 bits per heavy atom. The lowest BCUT2D eigenvalue weighted by atomic mass is 10.3. The molecular formula is C17H17ClN2O5S. The second-order valence-electron chi connectivity index (χ2n) is 5.20. The van der Waals surface area contributed by atoms with Gasteiger partial charge in [-0.2, -0.15) is 0 Å². The summed E-state index contributed by atoms with van der Waals surface area (Å²) in [4.78, 5) is 37.4. The first-order valence-electron chi connectivity index (χ1n) is 7.48. The molecule has 0 bridgehead atoms. The quantitative estimate of drug-likeness (QED) is 0.727. The molecule has 0 aliphatic heterocycles. The van der Waals surface area contributed by atoms with Crippen molar-refractivity contribution >= 4 is 46.4 Å². The van der Waals surface area contributed by atoms with E-state index in [1.54, 1.807) is 35.7 Å². The van der Waals surface area contributed by atoms with Gasteiger partial charge in [0.2, 0.25) is 5.91 Å². The summed E-state index contributed by atoms with van der Waals surface area (Å²) >= 11 is 7.13. The number of likely N-dealkylation sites (N-methyl/N-ethyl adjacent to an activating group) is 1. The Morgan fingerprint density at radius 3 is 2.69 bits per heavy atom. The number of halogens is 1. The minimum Gasteiger partial charge on any atom is -0.495 e. The summed E-state index contributed by atoms with van der Waals surface area (Å²) in [5, 5.41) is 4.80. The maximum atomic E-state index is 12.1. The van der Waals surface area contributed by atoms with E-state index >= 15 is 0 Å². The second kappa shape index (κ2) is 9.21. The lowest BCUT2D eigenvalue weighted by Gasteiger charge is -2.17. The molecule has 1 aromatic heterocycles. The predicted octanol–water partition coefficient (Wildman–Crippen LogP) is 2.66. The van der Waals surface area contributed by atoms with Crippen molar-refractivity contribution in [1.29, 1.82) is 0 Å². The van der Waals surface area contributed by atoms with Crippen LogP contribution >= 0.6 is 22.9 Å². The van der Waals surface area contributed by atoms with Crippen LogP contribution in [0.5, 0.6) is 5.75 Å². The van der Waals surface area contributed by atoms with E-state index in [0.29, 0.717) is 21.3 Å². The van der Waals surface area contributed by atoms with Crippen LogP contribution in [0.2, 0.25) is 5.02 Å². The first-order chi connectivity index (χ1) is 12.4. The van der Waals surface area contributed by atoms with Gasteiger partial charge >= 0.3 is 5.97 Å². The van der Waals surface area contributed by atoms with Gasteiger partial charge in [-0.05, 0) is 29.6 Å². The average Bonchev–Trinajstić information content (AvgIpc) is 3.14. The van der Waals surface area contributed by atoms with E-state index in [4.69, 9.17) is 21.1 Å². The molecule has 1 aromatic carbocycles. The maximum Gasteiger partial charge on any atom is 0.348 e. The number of esters is 1. The Kier molecular flexibility index (Phi) is 6.99. The molecule has 0 aliphatic carbocycles. The Bertz CT molecular complexity index is 794. The molecular weight excluding hydrogens is 380 g/mol. The van der Waals surface area contributed by atoms with Gasteiger partial charge in [0.1, 0.15) is 10.6 Å². The van der Waals surface area contributed by atoms with Crippen LogP contribution in [-0.4, -0.2) is 50.0 Å². The summed E-state index contributed by atoms with van der Waals surface area (Å²) in [6.07, 6.45) is 0. The number of benzene rings is 1. The third-order valence-corrected chi connectivity index (χ3v) is 4.38. The molecule has 0 unspecified atom stereocenters. The second-order valence-corrected chi connectivity index (χ2v) is 6.58. The van der Waals surface area contributed by atoms with Crippen molar-refractivity contribution in [3.05, 3.63) is 45.6 Å². The zero-order valence-corrected chi connectivity index (χ0v) is 15.7. The van der Waals surface area contributed by atoms with Crippen molar-refractivity contribution in [1.82, 2.24) is 4.90 Å². The maximum absolute atomic E-state index is 12.1. The summed E-state index contributed by atoms with van der Waals surface area (Å²) in [5.41, 5.74) is 0.398. The fourth-order valence-corrected chi connectivity index (χ4v) is 2.76. The normalized spacial score (nSPS) is 10.1. The van der Waals surface area contributed by atoms with Gasteiger partial charge in [0.25, 0.3) is 5.91 Å². The topological polar surface area (TPSA) is 84.9 Å². The van der Waals surface area contributed by atoms with Gasteiger partial charge in [-0.1, -0.05) is 17.7 Å². The van der Waals surface area contributed by atoms with Crippen LogP contribution in [0.3, 0.4) is 0 Å². The zero-order chi connectivity index (χ0) is 19.1. The van der Waals surface area contributed by atoms with Crippen molar-refractivity contribution in [2.24, 2.45) is 0 Å². The van der Waals surface area contributed by atoms with Gasteiger partial charge < -0.3 is 19.7 Å². The van der Waals surface area contributed by atoms with Crippen molar-refractivity contribution in [2.75, 3.05) is 32.6 Å². The average molecular weight is 397 g/mol. The number of anilines is 1. The van der Waals surface area contributed by atoms with E-state index < -0.39 is 24.4 Å². The highest BCUT2D eigenvalue weighted by Crippen LogP contribution is 2.27. The molecule has 2 rings (SSSR count). The molecule has 0 saturated heterocycles. The van der Waals surface area contributed by atoms with Crippen LogP contribution in [0.25, 0.3) is 0 Å². The van der Waals surface area contributed by atoms with Crippen LogP contribution in [0.4, 0.5) is 5.69 Å². The number of rotatable bonds is 7. The summed E-state index contributed by atoms with van der Waals surface area (Å²) in [7, 11) is 2.91. The van der Waals surface area contributed by atoms with E-state index in [1.807, 2.05) is 0 Å². The Labute approximate surface area is 159 Å². The molecule has 0 saturated carbocycles. The van der Waals surface area contributed by atoms with Crippen LogP contribution in [-0.2, 0) is 14.3 Å². The van der Waals surface area contributed by atoms with Crippen molar-refractivity contribution in [3.63, 3.8) is 0 Å². The van der Waals surface area contributed by atoms with E-state index in [9.17, 15) is 14.4 Å². The number of amides is 2. The van der Waals surface area contributed by atoms with Crippen LogP contribution < -0.4 is 10.1 Å². The largest absolute Gasteiger partial charge is 0.495 e. The first-order valence-corrected chi connectivity index (χ1v) is 8.74. The summed E-state index contributed by atoms with van der Waals surface area (Å²) in [5.74, 6) is -1.06. The molecule has 138 valence electrons. The Hall–Kier alpha value is -2.58. The third kappa shape index (κ3) is 5.47. The monoisotopic (exact) mass is 396 g/mol. The standard InChI is InChI=1S/C17H17ClN2O5S/c1-20(16(22)10-25-17(23)14-4-3-7-26-14)9-15(21)19-12-8-11(18)5-6-13(12)24-2/h3-8H,9-10H2,1-2H3,(H,19,21). The lowest BCUT2D eigenvalue weighted by molar-refractivity contribution is -0.136. The Morgan fingerprint density at radius 1 is 1.27 bits per heavy atom. The summed E-state index contributed by atoms with van der Waals surface area (Å²) < 4.78 is 10.1. The number of hydrogen-bond acceptors (Lipinski definition) is 6. The molecule has 0 spiro atoms. The Balaban J connectivity index is 1.85. The van der Waals surface area contributed by atoms with Crippen LogP contribution in [0.15, 0.2) is 35.7 Å². The highest BCUT2D eigenvalue weighted by atomic mass is 35.5.